The largest absolute Gasteiger partial charge is 0.307 e. The molecule has 0 fully saturated rings. The van der Waals surface area contributed by atoms with Crippen LogP contribution in [-0.2, 0) is 0 Å². The Morgan fingerprint density at radius 3 is 2.74 bits per heavy atom. The number of hydrogen-bond acceptors (Lipinski definition) is 6. The summed E-state index contributed by atoms with van der Waals surface area (Å²) < 4.78 is 0. The predicted octanol–water partition coefficient (Wildman–Crippen LogP) is 2.90. The van der Waals surface area contributed by atoms with Crippen LogP contribution in [0.3, 0.4) is 0 Å². The van der Waals surface area contributed by atoms with E-state index < -0.39 is 16.4 Å². The van der Waals surface area contributed by atoms with Crippen molar-refractivity contribution in [1.29, 1.82) is 0 Å². The van der Waals surface area contributed by atoms with Crippen molar-refractivity contribution in [3.8, 4) is 0 Å². The molecule has 1 heterocycles. The number of halogens is 2. The average Bonchev–Trinajstić information content (AvgIpc) is 2.63. The molecule has 27 heavy (non-hydrogen) atoms. The van der Waals surface area contributed by atoms with Crippen molar-refractivity contribution in [1.82, 2.24) is 15.4 Å². The Kier molecular flexibility index (Phi) is 5.15. The number of hydrogen-bond donors (Lipinski definition) is 2. The van der Waals surface area contributed by atoms with Gasteiger partial charge in [-0.05, 0) is 18.2 Å². The summed E-state index contributed by atoms with van der Waals surface area (Å²) in [6.07, 6.45) is 1.30. The third-order valence-electron chi connectivity index (χ3n) is 3.45. The summed E-state index contributed by atoms with van der Waals surface area (Å²) >= 11 is 11.8. The SMILES string of the molecule is O=C(N/N=C/c1ccc(Cl)cc1Cl)c1nc2ccc([N+](=O)[O-])cc2c(=O)[nH]1. The Hall–Kier alpha value is -3.30. The molecular weight excluding hydrogens is 397 g/mol. The fourth-order valence-electron chi connectivity index (χ4n) is 2.17. The van der Waals surface area contributed by atoms with Gasteiger partial charge in [0.25, 0.3) is 11.2 Å². The summed E-state index contributed by atoms with van der Waals surface area (Å²) in [4.78, 5) is 40.6. The number of hydrazone groups is 1. The van der Waals surface area contributed by atoms with E-state index in [-0.39, 0.29) is 22.4 Å². The number of nitro groups is 1. The minimum atomic E-state index is -0.770. The highest BCUT2D eigenvalue weighted by Crippen LogP contribution is 2.19. The number of carbonyl (C=O) groups is 1. The molecule has 0 unspecified atom stereocenters. The zero-order chi connectivity index (χ0) is 19.6. The molecule has 11 heteroatoms. The average molecular weight is 406 g/mol. The number of aromatic nitrogens is 2. The van der Waals surface area contributed by atoms with Crippen molar-refractivity contribution in [3.05, 3.63) is 78.3 Å². The Balaban J connectivity index is 1.83. The van der Waals surface area contributed by atoms with Gasteiger partial charge in [-0.3, -0.25) is 19.7 Å². The van der Waals surface area contributed by atoms with Crippen molar-refractivity contribution < 1.29 is 9.72 Å². The van der Waals surface area contributed by atoms with Crippen LogP contribution in [0.5, 0.6) is 0 Å². The highest BCUT2D eigenvalue weighted by molar-refractivity contribution is 6.36. The van der Waals surface area contributed by atoms with Crippen molar-refractivity contribution in [3.63, 3.8) is 0 Å². The van der Waals surface area contributed by atoms with E-state index in [2.05, 4.69) is 20.5 Å². The summed E-state index contributed by atoms with van der Waals surface area (Å²) in [5, 5.41) is 15.3. The third kappa shape index (κ3) is 4.10. The number of amides is 1. The lowest BCUT2D eigenvalue weighted by Gasteiger charge is -2.02. The van der Waals surface area contributed by atoms with Gasteiger partial charge in [-0.1, -0.05) is 29.3 Å². The summed E-state index contributed by atoms with van der Waals surface area (Å²) in [5.41, 5.74) is 1.93. The van der Waals surface area contributed by atoms with Gasteiger partial charge in [0.2, 0.25) is 5.82 Å². The highest BCUT2D eigenvalue weighted by Gasteiger charge is 2.14. The van der Waals surface area contributed by atoms with Crippen LogP contribution in [0.4, 0.5) is 5.69 Å². The summed E-state index contributed by atoms with van der Waals surface area (Å²) in [6, 6.07) is 8.31. The molecule has 0 aliphatic carbocycles. The van der Waals surface area contributed by atoms with Gasteiger partial charge in [-0.15, -0.1) is 0 Å². The van der Waals surface area contributed by atoms with E-state index in [1.54, 1.807) is 12.1 Å². The van der Waals surface area contributed by atoms with Gasteiger partial charge >= 0.3 is 5.91 Å². The van der Waals surface area contributed by atoms with Gasteiger partial charge in [0.15, 0.2) is 0 Å². The van der Waals surface area contributed by atoms with Crippen molar-refractivity contribution in [2.24, 2.45) is 5.10 Å². The van der Waals surface area contributed by atoms with Gasteiger partial charge in [0.1, 0.15) is 0 Å². The molecule has 2 aromatic carbocycles. The number of nitrogens with zero attached hydrogens (tertiary/aromatic N) is 3. The lowest BCUT2D eigenvalue weighted by atomic mass is 10.2. The molecule has 0 bridgehead atoms. The molecule has 1 aromatic heterocycles. The van der Waals surface area contributed by atoms with Crippen molar-refractivity contribution in [2.45, 2.75) is 0 Å². The lowest BCUT2D eigenvalue weighted by molar-refractivity contribution is -0.384. The molecule has 1 amide bonds. The maximum atomic E-state index is 12.1. The van der Waals surface area contributed by atoms with Gasteiger partial charge in [-0.25, -0.2) is 10.4 Å². The summed E-state index contributed by atoms with van der Waals surface area (Å²) in [7, 11) is 0. The van der Waals surface area contributed by atoms with E-state index in [1.807, 2.05) is 0 Å². The fourth-order valence-corrected chi connectivity index (χ4v) is 2.62. The fraction of sp³-hybridized carbons (Fsp3) is 0. The molecule has 0 spiro atoms. The third-order valence-corrected chi connectivity index (χ3v) is 4.01. The number of benzene rings is 2. The number of non-ortho nitro benzene ring substituents is 1. The van der Waals surface area contributed by atoms with E-state index in [1.165, 1.54) is 24.4 Å². The van der Waals surface area contributed by atoms with Crippen LogP contribution in [0.1, 0.15) is 16.2 Å². The minimum absolute atomic E-state index is 0.00260. The second-order valence-electron chi connectivity index (χ2n) is 5.24. The second kappa shape index (κ2) is 7.52. The van der Waals surface area contributed by atoms with Crippen molar-refractivity contribution >= 4 is 51.9 Å². The predicted molar refractivity (Wildman–Crippen MR) is 101 cm³/mol. The summed E-state index contributed by atoms with van der Waals surface area (Å²) in [5.74, 6) is -1.06. The van der Waals surface area contributed by atoms with Crippen LogP contribution in [0.25, 0.3) is 10.9 Å². The number of carbonyl (C=O) groups excluding carboxylic acids is 1. The van der Waals surface area contributed by atoms with Crippen molar-refractivity contribution in [2.75, 3.05) is 0 Å². The zero-order valence-corrected chi connectivity index (χ0v) is 14.8. The Morgan fingerprint density at radius 2 is 2.04 bits per heavy atom. The first-order valence-corrected chi connectivity index (χ1v) is 8.07. The number of rotatable bonds is 4. The molecule has 0 saturated carbocycles. The molecule has 0 saturated heterocycles. The number of fused-ring (bicyclic) bond motifs is 1. The van der Waals surface area contributed by atoms with Gasteiger partial charge < -0.3 is 4.98 Å². The van der Waals surface area contributed by atoms with Crippen LogP contribution in [-0.4, -0.2) is 27.0 Å². The van der Waals surface area contributed by atoms with Crippen LogP contribution >= 0.6 is 23.2 Å². The van der Waals surface area contributed by atoms with E-state index in [0.29, 0.717) is 15.6 Å². The first-order chi connectivity index (χ1) is 12.8. The van der Waals surface area contributed by atoms with Gasteiger partial charge in [0, 0.05) is 22.7 Å². The lowest BCUT2D eigenvalue weighted by Crippen LogP contribution is -2.24. The minimum Gasteiger partial charge on any atom is -0.302 e. The first kappa shape index (κ1) is 18.5. The maximum absolute atomic E-state index is 12.1. The number of nitro benzene ring substituents is 1. The number of H-pyrrole nitrogens is 1. The standard InChI is InChI=1S/C16H9Cl2N5O4/c17-9-2-1-8(12(18)5-9)7-19-22-16(25)14-20-13-4-3-10(23(26)27)6-11(13)15(24)21-14/h1-7H,(H,22,25)(H,20,21,24)/b19-7+. The van der Waals surface area contributed by atoms with Crippen LogP contribution in [0.2, 0.25) is 10.0 Å². The van der Waals surface area contributed by atoms with Gasteiger partial charge in [-0.2, -0.15) is 5.10 Å². The molecular formula is C16H9Cl2N5O4. The number of nitrogens with one attached hydrogen (secondary N) is 2. The molecule has 3 rings (SSSR count). The topological polar surface area (TPSA) is 130 Å². The van der Waals surface area contributed by atoms with E-state index in [0.717, 1.165) is 6.07 Å². The molecule has 136 valence electrons. The first-order valence-electron chi connectivity index (χ1n) is 7.32. The maximum Gasteiger partial charge on any atom is 0.307 e. The molecule has 2 N–H and O–H groups in total. The van der Waals surface area contributed by atoms with Gasteiger partial charge in [0.05, 0.1) is 27.1 Å². The molecule has 3 aromatic rings. The monoisotopic (exact) mass is 405 g/mol. The Bertz CT molecular complexity index is 1160. The van der Waals surface area contributed by atoms with E-state index >= 15 is 0 Å². The van der Waals surface area contributed by atoms with E-state index in [4.69, 9.17) is 23.2 Å². The van der Waals surface area contributed by atoms with Crippen LogP contribution in [0.15, 0.2) is 46.3 Å². The Labute approximate surface area is 160 Å². The van der Waals surface area contributed by atoms with Crippen LogP contribution in [0, 0.1) is 10.1 Å². The normalized spacial score (nSPS) is 11.0. The summed E-state index contributed by atoms with van der Waals surface area (Å²) in [6.45, 7) is 0. The number of aromatic amines is 1. The van der Waals surface area contributed by atoms with E-state index in [9.17, 15) is 19.7 Å². The molecule has 0 atom stereocenters. The molecule has 9 nitrogen and oxygen atoms in total. The van der Waals surface area contributed by atoms with Crippen LogP contribution < -0.4 is 11.0 Å². The molecule has 0 radical (unpaired) electrons. The second-order valence-corrected chi connectivity index (χ2v) is 6.08. The molecule has 0 aliphatic heterocycles. The highest BCUT2D eigenvalue weighted by atomic mass is 35.5. The quantitative estimate of drug-likeness (QED) is 0.391. The zero-order valence-electron chi connectivity index (χ0n) is 13.3. The smallest absolute Gasteiger partial charge is 0.302 e. The molecule has 0 aliphatic rings. The Morgan fingerprint density at radius 1 is 1.26 bits per heavy atom.